The number of halogens is 1. The van der Waals surface area contributed by atoms with Crippen molar-refractivity contribution in [1.82, 2.24) is 9.55 Å². The molecule has 0 atom stereocenters. The zero-order chi connectivity index (χ0) is 21.9. The summed E-state index contributed by atoms with van der Waals surface area (Å²) in [4.78, 5) is 22.9. The molecule has 32 heavy (non-hydrogen) atoms. The highest BCUT2D eigenvalue weighted by Crippen LogP contribution is 2.17. The highest BCUT2D eigenvalue weighted by Gasteiger charge is 2.15. The van der Waals surface area contributed by atoms with Gasteiger partial charge in [-0.2, -0.15) is 0 Å². The Morgan fingerprint density at radius 2 is 1.81 bits per heavy atom. The minimum Gasteiger partial charge on any atom is -0.422 e. The number of nitrogens with zero attached hydrogens (tertiary/aromatic N) is 3. The van der Waals surface area contributed by atoms with Crippen molar-refractivity contribution in [2.75, 3.05) is 0 Å². The van der Waals surface area contributed by atoms with E-state index in [-0.39, 0.29) is 6.61 Å². The van der Waals surface area contributed by atoms with E-state index in [4.69, 9.17) is 20.9 Å². The third-order valence-corrected chi connectivity index (χ3v) is 5.37. The van der Waals surface area contributed by atoms with Crippen molar-refractivity contribution in [3.63, 3.8) is 0 Å². The van der Waals surface area contributed by atoms with Crippen molar-refractivity contribution in [1.29, 1.82) is 0 Å². The van der Waals surface area contributed by atoms with Gasteiger partial charge in [0, 0.05) is 10.4 Å². The quantitative estimate of drug-likeness (QED) is 0.200. The molecular weight excluding hydrogens is 426 g/mol. The van der Waals surface area contributed by atoms with E-state index in [1.165, 1.54) is 0 Å². The SMILES string of the molecule is O=c1oc2ccccc2cc1/C(Cn1cnc2ccccc21)=N\OCc1ccc(Cl)cc1. The third kappa shape index (κ3) is 4.13. The van der Waals surface area contributed by atoms with Crippen LogP contribution < -0.4 is 5.63 Å². The van der Waals surface area contributed by atoms with Crippen LogP contribution in [-0.4, -0.2) is 15.3 Å². The van der Waals surface area contributed by atoms with Gasteiger partial charge in [-0.05, 0) is 42.0 Å². The predicted molar refractivity (Wildman–Crippen MR) is 125 cm³/mol. The largest absolute Gasteiger partial charge is 0.422 e. The Morgan fingerprint density at radius 3 is 2.69 bits per heavy atom. The van der Waals surface area contributed by atoms with Crippen LogP contribution in [0.15, 0.2) is 99.6 Å². The highest BCUT2D eigenvalue weighted by atomic mass is 35.5. The van der Waals surface area contributed by atoms with Gasteiger partial charge in [-0.3, -0.25) is 0 Å². The maximum Gasteiger partial charge on any atom is 0.345 e. The first-order valence-electron chi connectivity index (χ1n) is 10.0. The van der Waals surface area contributed by atoms with E-state index in [0.717, 1.165) is 22.0 Å². The molecule has 5 rings (SSSR count). The fourth-order valence-electron chi connectivity index (χ4n) is 3.49. The van der Waals surface area contributed by atoms with Crippen LogP contribution in [0.5, 0.6) is 0 Å². The molecule has 6 nitrogen and oxygen atoms in total. The van der Waals surface area contributed by atoms with Gasteiger partial charge in [0.15, 0.2) is 0 Å². The second-order valence-electron chi connectivity index (χ2n) is 7.28. The van der Waals surface area contributed by atoms with Crippen LogP contribution in [0.3, 0.4) is 0 Å². The van der Waals surface area contributed by atoms with Crippen LogP contribution in [0.4, 0.5) is 0 Å². The van der Waals surface area contributed by atoms with Crippen molar-refractivity contribution in [3.8, 4) is 0 Å². The Hall–Kier alpha value is -3.90. The molecule has 158 valence electrons. The maximum absolute atomic E-state index is 12.8. The van der Waals surface area contributed by atoms with Crippen LogP contribution in [0.25, 0.3) is 22.0 Å². The first kappa shape index (κ1) is 20.0. The normalized spacial score (nSPS) is 11.8. The second-order valence-corrected chi connectivity index (χ2v) is 7.72. The summed E-state index contributed by atoms with van der Waals surface area (Å²) in [6, 6.07) is 24.2. The molecule has 0 unspecified atom stereocenters. The molecule has 0 aliphatic heterocycles. The molecule has 3 aromatic carbocycles. The maximum atomic E-state index is 12.8. The van der Waals surface area contributed by atoms with E-state index >= 15 is 0 Å². The lowest BCUT2D eigenvalue weighted by Gasteiger charge is -2.09. The van der Waals surface area contributed by atoms with Gasteiger partial charge in [0.1, 0.15) is 17.9 Å². The van der Waals surface area contributed by atoms with Crippen molar-refractivity contribution in [3.05, 3.63) is 112 Å². The number of oxime groups is 1. The highest BCUT2D eigenvalue weighted by molar-refractivity contribution is 6.30. The van der Waals surface area contributed by atoms with Crippen LogP contribution in [0.2, 0.25) is 5.02 Å². The number of aromatic nitrogens is 2. The van der Waals surface area contributed by atoms with Gasteiger partial charge in [0.2, 0.25) is 0 Å². The molecule has 0 radical (unpaired) electrons. The molecule has 0 aliphatic carbocycles. The molecule has 2 aromatic heterocycles. The summed E-state index contributed by atoms with van der Waals surface area (Å²) in [5.41, 5.74) is 3.55. The second kappa shape index (κ2) is 8.69. The van der Waals surface area contributed by atoms with Gasteiger partial charge in [-0.25, -0.2) is 9.78 Å². The molecule has 0 bridgehead atoms. The molecule has 0 saturated heterocycles. The summed E-state index contributed by atoms with van der Waals surface area (Å²) in [6.45, 7) is 0.536. The van der Waals surface area contributed by atoms with Crippen LogP contribution in [0, 0.1) is 0 Å². The number of imidazole rings is 1. The molecule has 2 heterocycles. The lowest BCUT2D eigenvalue weighted by Crippen LogP contribution is -2.20. The standard InChI is InChI=1S/C25H18ClN3O3/c26-19-11-9-17(10-12-19)15-31-28-22(14-29-16-27-21-6-2-3-7-23(21)29)20-13-18-5-1-4-8-24(18)32-25(20)30/h1-13,16H,14-15H2/b28-22-. The summed E-state index contributed by atoms with van der Waals surface area (Å²) in [6.07, 6.45) is 1.72. The first-order valence-corrected chi connectivity index (χ1v) is 10.4. The first-order chi connectivity index (χ1) is 15.7. The molecule has 0 saturated carbocycles. The fourth-order valence-corrected chi connectivity index (χ4v) is 3.62. The summed E-state index contributed by atoms with van der Waals surface area (Å²) >= 11 is 5.95. The molecule has 0 aliphatic rings. The Balaban J connectivity index is 1.53. The molecule has 5 aromatic rings. The number of hydrogen-bond donors (Lipinski definition) is 0. The third-order valence-electron chi connectivity index (χ3n) is 5.12. The number of para-hydroxylation sites is 3. The van der Waals surface area contributed by atoms with E-state index in [1.807, 2.05) is 59.2 Å². The minimum absolute atomic E-state index is 0.240. The summed E-state index contributed by atoms with van der Waals surface area (Å²) < 4.78 is 7.45. The van der Waals surface area contributed by atoms with E-state index in [2.05, 4.69) is 10.1 Å². The van der Waals surface area contributed by atoms with Crippen LogP contribution in [-0.2, 0) is 18.0 Å². The van der Waals surface area contributed by atoms with Crippen LogP contribution >= 0.6 is 11.6 Å². The van der Waals surface area contributed by atoms with Gasteiger partial charge in [0.05, 0.1) is 29.5 Å². The Labute approximate surface area is 188 Å². The van der Waals surface area contributed by atoms with Gasteiger partial charge >= 0.3 is 5.63 Å². The summed E-state index contributed by atoms with van der Waals surface area (Å²) in [7, 11) is 0. The zero-order valence-electron chi connectivity index (χ0n) is 16.9. The summed E-state index contributed by atoms with van der Waals surface area (Å²) in [5.74, 6) is 0. The predicted octanol–water partition coefficient (Wildman–Crippen LogP) is 5.42. The average molecular weight is 444 g/mol. The monoisotopic (exact) mass is 443 g/mol. The van der Waals surface area contributed by atoms with Crippen molar-refractivity contribution >= 4 is 39.3 Å². The van der Waals surface area contributed by atoms with Gasteiger partial charge in [-0.1, -0.05) is 59.2 Å². The number of rotatable bonds is 6. The van der Waals surface area contributed by atoms with Gasteiger partial charge in [-0.15, -0.1) is 0 Å². The van der Waals surface area contributed by atoms with Crippen molar-refractivity contribution in [2.45, 2.75) is 13.2 Å². The molecule has 0 fully saturated rings. The Morgan fingerprint density at radius 1 is 1.03 bits per heavy atom. The molecule has 7 heteroatoms. The van der Waals surface area contributed by atoms with Crippen LogP contribution in [0.1, 0.15) is 11.1 Å². The van der Waals surface area contributed by atoms with E-state index in [0.29, 0.717) is 28.4 Å². The van der Waals surface area contributed by atoms with E-state index in [9.17, 15) is 4.79 Å². The Kier molecular flexibility index (Phi) is 5.44. The lowest BCUT2D eigenvalue weighted by atomic mass is 10.1. The zero-order valence-corrected chi connectivity index (χ0v) is 17.7. The average Bonchev–Trinajstić information content (AvgIpc) is 3.22. The van der Waals surface area contributed by atoms with Gasteiger partial charge < -0.3 is 13.8 Å². The van der Waals surface area contributed by atoms with Crippen molar-refractivity contribution in [2.24, 2.45) is 5.16 Å². The fraction of sp³-hybridized carbons (Fsp3) is 0.0800. The topological polar surface area (TPSA) is 69.6 Å². The summed E-state index contributed by atoms with van der Waals surface area (Å²) in [5, 5.41) is 5.80. The molecular formula is C25H18ClN3O3. The van der Waals surface area contributed by atoms with E-state index in [1.54, 1.807) is 30.6 Å². The smallest absolute Gasteiger partial charge is 0.345 e. The number of fused-ring (bicyclic) bond motifs is 2. The minimum atomic E-state index is -0.470. The number of benzene rings is 3. The number of hydrogen-bond acceptors (Lipinski definition) is 5. The molecule has 0 N–H and O–H groups in total. The lowest BCUT2D eigenvalue weighted by molar-refractivity contribution is 0.130. The van der Waals surface area contributed by atoms with E-state index < -0.39 is 5.63 Å². The molecule has 0 amide bonds. The molecule has 0 spiro atoms. The van der Waals surface area contributed by atoms with Gasteiger partial charge in [0.25, 0.3) is 0 Å². The Bertz CT molecular complexity index is 1490. The van der Waals surface area contributed by atoms with Crippen molar-refractivity contribution < 1.29 is 9.25 Å².